The zero-order chi connectivity index (χ0) is 75.9. The number of fused-ring (bicyclic) bond motifs is 3. The maximum absolute atomic E-state index is 11.6. The molecule has 6 aromatic rings. The van der Waals surface area contributed by atoms with Crippen molar-refractivity contribution in [1.82, 2.24) is 26.6 Å². The zero-order valence-corrected chi connectivity index (χ0v) is 82.7. The Labute approximate surface area is 729 Å². The summed E-state index contributed by atoms with van der Waals surface area (Å²) in [6.07, 6.45) is 5.04. The van der Waals surface area contributed by atoms with Crippen LogP contribution in [0.1, 0.15) is 145 Å². The molecule has 7 N–H and O–H groups in total. The Kier molecular flexibility index (Phi) is 65.1. The van der Waals surface area contributed by atoms with E-state index in [1.807, 2.05) is 229 Å². The van der Waals surface area contributed by atoms with Crippen LogP contribution in [0, 0.1) is 17.8 Å². The minimum atomic E-state index is -0.516. The van der Waals surface area contributed by atoms with E-state index in [1.165, 1.54) is 17.7 Å². The molecule has 8 aliphatic rings. The van der Waals surface area contributed by atoms with Crippen LogP contribution in [0.2, 0.25) is 0 Å². The van der Waals surface area contributed by atoms with Gasteiger partial charge in [0.2, 0.25) is 29.5 Å². The molecule has 3 saturated heterocycles. The first-order chi connectivity index (χ1) is 47.6. The van der Waals surface area contributed by atoms with Crippen LogP contribution in [-0.2, 0) is 78.7 Å². The summed E-state index contributed by atoms with van der Waals surface area (Å²) in [5.41, 5.74) is 10.5. The number of para-hydroxylation sites is 1. The van der Waals surface area contributed by atoms with Crippen LogP contribution >= 0.6 is 197 Å². The topological polar surface area (TPSA) is 240 Å². The third-order valence-corrected chi connectivity index (χ3v) is 14.2. The Balaban J connectivity index is -0.000000526. The van der Waals surface area contributed by atoms with Crippen LogP contribution in [0.25, 0.3) is 11.1 Å². The second kappa shape index (κ2) is 61.5. The van der Waals surface area contributed by atoms with Crippen molar-refractivity contribution in [1.29, 1.82) is 0 Å². The van der Waals surface area contributed by atoms with Gasteiger partial charge in [-0.3, -0.25) is 64.4 Å². The fourth-order valence-corrected chi connectivity index (χ4v) is 10.0. The summed E-state index contributed by atoms with van der Waals surface area (Å²) in [5, 5.41) is 12.1. The number of nitrogens with one attached hydrogen (secondary N) is 5. The molecule has 28 heteroatoms. The second-order valence-electron chi connectivity index (χ2n) is 19.1. The van der Waals surface area contributed by atoms with Gasteiger partial charge in [0.25, 0.3) is 23.6 Å². The fraction of sp³-hybridized carbons (Fsp3) is 0.329. The molecule has 6 atom stereocenters. The summed E-state index contributed by atoms with van der Waals surface area (Å²) in [5.74, 6) is -1.25. The first-order valence-corrected chi connectivity index (χ1v) is 73.8. The quantitative estimate of drug-likeness (QED) is 0.0542. The van der Waals surface area contributed by atoms with Crippen molar-refractivity contribution in [3.63, 3.8) is 0 Å². The van der Waals surface area contributed by atoms with Gasteiger partial charge < -0.3 is 11.1 Å². The van der Waals surface area contributed by atoms with Crippen molar-refractivity contribution in [3.8, 4) is 0 Å². The molecule has 0 radical (unpaired) electrons. The molecule has 3 saturated carbocycles. The molecule has 0 aromatic heterocycles. The summed E-state index contributed by atoms with van der Waals surface area (Å²) in [6, 6.07) is 56.9. The Bertz CT molecular complexity index is 3270. The molecule has 5 heterocycles. The van der Waals surface area contributed by atoms with Crippen molar-refractivity contribution in [2.24, 2.45) is 17.8 Å². The summed E-state index contributed by atoms with van der Waals surface area (Å²) in [6.45, 7) is 24.9. The average Bonchev–Trinajstić information content (AvgIpc) is 1.55. The normalized spacial score (nSPS) is 19.8. The molecule has 0 spiro atoms. The molecule has 0 bridgehead atoms. The van der Waals surface area contributed by atoms with Gasteiger partial charge in [0.15, 0.2) is 0 Å². The number of nitrogen functional groups attached to an aromatic ring is 1. The zero-order valence-electron chi connectivity index (χ0n) is 56.9. The van der Waals surface area contributed by atoms with E-state index >= 15 is 0 Å². The van der Waals surface area contributed by atoms with Crippen molar-refractivity contribution < 1.29 is 62.5 Å². The molecular formula is C73H94I10N6O9V3. The van der Waals surface area contributed by atoms with Gasteiger partial charge in [0.1, 0.15) is 0 Å². The van der Waals surface area contributed by atoms with Gasteiger partial charge in [-0.15, -0.1) is 0 Å². The molecule has 6 unspecified atom stereocenters. The SMILES string of the molecule is C.C.CC.CC.CC.CC.CC.CC.II.Nc1ccccc1.O=C1C=C(c2ccccc2)C(=O)N1.O=C1C=C(c2ccccc2)C(=O)N1.O=C1NC(=O)C2(c3ccccc3)CC12.O=C1NC(=O)C2(c3ccccc3)CC12.O=C1NCC2CC12c1ccccc1.[I][V]([I])[I].[I][V]([I])[I].[I][V][I]. The Morgan fingerprint density at radius 3 is 0.812 bits per heavy atom. The van der Waals surface area contributed by atoms with E-state index in [2.05, 4.69) is 236 Å². The number of carbonyl (C=O) groups is 9. The molecule has 6 fully saturated rings. The van der Waals surface area contributed by atoms with Crippen molar-refractivity contribution in [2.45, 2.75) is 133 Å². The predicted octanol–water partition coefficient (Wildman–Crippen LogP) is 21.3. The monoisotopic (exact) mass is 2620 g/mol. The number of rotatable bonds is 5. The van der Waals surface area contributed by atoms with E-state index in [1.54, 1.807) is 24.3 Å². The van der Waals surface area contributed by atoms with Gasteiger partial charge in [0, 0.05) is 61.6 Å². The third kappa shape index (κ3) is 35.5. The number of benzene rings is 6. The maximum atomic E-state index is 11.6. The Morgan fingerprint density at radius 1 is 0.386 bits per heavy atom. The Morgan fingerprint density at radius 2 is 0.634 bits per heavy atom. The van der Waals surface area contributed by atoms with Crippen LogP contribution in [0.4, 0.5) is 5.69 Å². The van der Waals surface area contributed by atoms with Gasteiger partial charge in [-0.05, 0) is 65.1 Å². The van der Waals surface area contributed by atoms with Crippen LogP contribution in [0.3, 0.4) is 0 Å². The first-order valence-electron chi connectivity index (χ1n) is 31.5. The van der Waals surface area contributed by atoms with Crippen molar-refractivity contribution >= 4 is 267 Å². The van der Waals surface area contributed by atoms with E-state index in [4.69, 9.17) is 5.73 Å². The summed E-state index contributed by atoms with van der Waals surface area (Å²) < 4.78 is 0. The molecule has 9 amide bonds. The average molecular weight is 2620 g/mol. The van der Waals surface area contributed by atoms with Crippen LogP contribution in [0.15, 0.2) is 194 Å². The molecule has 5 aliphatic heterocycles. The number of hydrogen-bond donors (Lipinski definition) is 6. The number of imide groups is 4. The number of hydrogen-bond acceptors (Lipinski definition) is 10. The Hall–Kier alpha value is -0.317. The van der Waals surface area contributed by atoms with Gasteiger partial charge in [0.05, 0.1) is 39.2 Å². The molecule has 101 heavy (non-hydrogen) atoms. The van der Waals surface area contributed by atoms with Gasteiger partial charge >= 0.3 is 179 Å². The molecule has 555 valence electrons. The van der Waals surface area contributed by atoms with E-state index in [-0.39, 0.29) is 95.1 Å². The third-order valence-electron chi connectivity index (χ3n) is 14.2. The van der Waals surface area contributed by atoms with E-state index in [0.29, 0.717) is 39.4 Å². The minimum absolute atomic E-state index is 0. The first kappa shape index (κ1) is 107. The summed E-state index contributed by atoms with van der Waals surface area (Å²) in [4.78, 5) is 101. The number of nitrogens with two attached hydrogens (primary N) is 1. The van der Waals surface area contributed by atoms with E-state index in [0.717, 1.165) is 40.9 Å². The van der Waals surface area contributed by atoms with Gasteiger partial charge in [-0.25, -0.2) is 0 Å². The summed E-state index contributed by atoms with van der Waals surface area (Å²) in [7, 11) is 0.628. The summed E-state index contributed by atoms with van der Waals surface area (Å²) >= 11 is 23.8. The van der Waals surface area contributed by atoms with E-state index < -0.39 is 10.8 Å². The van der Waals surface area contributed by atoms with Gasteiger partial charge in [-0.1, -0.05) is 268 Å². The van der Waals surface area contributed by atoms with Crippen LogP contribution in [-0.4, -0.2) is 59.7 Å². The molecular weight excluding hydrogens is 2530 g/mol. The fourth-order valence-electron chi connectivity index (χ4n) is 10.0. The standard InChI is InChI=1S/2C11H9NO2.C11H11NO.2C10H7NO2.C6H7N.6C2H6.2CH4.I2.8HI.3V/c2*13-9-8-6-11(8,10(14)12-9)7-4-2-1-3-5-7;13-10-11(6-9(11)7-12-10)8-4-2-1-3-5-8;2*12-9-6-8(10(13)11-9)7-4-2-1-3-5-7;7-6-4-2-1-3-5-6;6*1-2;;;1-2;;;;;;;;;;;/h2*1-5,8H,6H2,(H,12,13,14);1-5,9H,6-7H2,(H,12,13);2*1-6H,(H,11,12,13);1-5H,7H2;6*1-2H3;2*1H4;;8*1H;;;/q;;;;;;;;;;;;;;;;;;;;;;;+2;2*+3/p-8. The number of piperidine rings is 3. The number of carbonyl (C=O) groups excluding carboxylic acids is 9. The number of anilines is 1. The predicted molar refractivity (Wildman–Crippen MR) is 496 cm³/mol. The van der Waals surface area contributed by atoms with Crippen molar-refractivity contribution in [3.05, 3.63) is 222 Å². The van der Waals surface area contributed by atoms with Crippen LogP contribution in [0.5, 0.6) is 0 Å². The molecule has 3 aliphatic carbocycles. The van der Waals surface area contributed by atoms with Crippen molar-refractivity contribution in [2.75, 3.05) is 12.3 Å². The van der Waals surface area contributed by atoms with Gasteiger partial charge in [-0.2, -0.15) is 0 Å². The van der Waals surface area contributed by atoms with Crippen LogP contribution < -0.4 is 32.3 Å². The molecule has 6 aromatic carbocycles. The van der Waals surface area contributed by atoms with E-state index in [9.17, 15) is 43.2 Å². The molecule has 14 rings (SSSR count). The number of amides is 9. The second-order valence-corrected chi connectivity index (χ2v) is 102. The number of halogens is 10. The molecule has 15 nitrogen and oxygen atoms in total.